The molecule has 2 atom stereocenters. The van der Waals surface area contributed by atoms with Crippen molar-refractivity contribution in [3.05, 3.63) is 18.7 Å². The average molecular weight is 315 g/mol. The van der Waals surface area contributed by atoms with E-state index in [2.05, 4.69) is 15.0 Å². The fourth-order valence-electron chi connectivity index (χ4n) is 2.80. The predicted molar refractivity (Wildman–Crippen MR) is 82.0 cm³/mol. The van der Waals surface area contributed by atoms with Gasteiger partial charge in [0.05, 0.1) is 6.33 Å². The molecular weight excluding hydrogens is 290 g/mol. The average Bonchev–Trinajstić information content (AvgIpc) is 2.91. The largest absolute Gasteiger partial charge is 0.336 e. The maximum Gasteiger partial charge on any atom is 0.280 e. The van der Waals surface area contributed by atoms with Crippen LogP contribution in [0.1, 0.15) is 26.2 Å². The summed E-state index contributed by atoms with van der Waals surface area (Å²) in [5, 5.41) is 3.08. The number of aromatic nitrogens is 2. The maximum absolute atomic E-state index is 12.6. The molecule has 2 N–H and O–H groups in total. The van der Waals surface area contributed by atoms with Gasteiger partial charge < -0.3 is 9.88 Å². The third kappa shape index (κ3) is 4.50. The van der Waals surface area contributed by atoms with E-state index in [-0.39, 0.29) is 12.1 Å². The van der Waals surface area contributed by atoms with Crippen LogP contribution in [-0.2, 0) is 16.8 Å². The summed E-state index contributed by atoms with van der Waals surface area (Å²) in [6.45, 7) is 3.73. The summed E-state index contributed by atoms with van der Waals surface area (Å²) in [5.74, 6) is 0. The van der Waals surface area contributed by atoms with Crippen molar-refractivity contribution >= 4 is 10.2 Å². The van der Waals surface area contributed by atoms with Crippen LogP contribution in [0.5, 0.6) is 0 Å². The summed E-state index contributed by atoms with van der Waals surface area (Å²) < 4.78 is 31.4. The van der Waals surface area contributed by atoms with Gasteiger partial charge in [0, 0.05) is 44.1 Å². The number of hydrogen-bond donors (Lipinski definition) is 2. The number of piperidine rings is 1. The van der Waals surface area contributed by atoms with Crippen molar-refractivity contribution in [1.82, 2.24) is 23.9 Å². The highest BCUT2D eigenvalue weighted by molar-refractivity contribution is 7.87. The van der Waals surface area contributed by atoms with Gasteiger partial charge in [-0.3, -0.25) is 0 Å². The van der Waals surface area contributed by atoms with Gasteiger partial charge >= 0.3 is 0 Å². The molecule has 0 spiro atoms. The van der Waals surface area contributed by atoms with Crippen LogP contribution in [0.2, 0.25) is 0 Å². The fourth-order valence-corrected chi connectivity index (χ4v) is 4.46. The second kappa shape index (κ2) is 7.35. The van der Waals surface area contributed by atoms with Crippen molar-refractivity contribution < 1.29 is 8.42 Å². The SMILES string of the molecule is CNCC1CCCCN1S(=O)(=O)NC(C)Cn1ccnc1. The predicted octanol–water partition coefficient (Wildman–Crippen LogP) is 0.180. The molecule has 0 amide bonds. The Morgan fingerprint density at radius 3 is 2.90 bits per heavy atom. The Morgan fingerprint density at radius 1 is 1.43 bits per heavy atom. The first-order valence-electron chi connectivity index (χ1n) is 7.42. The van der Waals surface area contributed by atoms with Crippen LogP contribution in [0.15, 0.2) is 18.7 Å². The van der Waals surface area contributed by atoms with Gasteiger partial charge in [-0.15, -0.1) is 0 Å². The lowest BCUT2D eigenvalue weighted by Crippen LogP contribution is -2.54. The van der Waals surface area contributed by atoms with Crippen LogP contribution in [0.4, 0.5) is 0 Å². The standard InChI is InChI=1S/C13H25N5O2S/c1-12(10-17-8-6-15-11-17)16-21(19,20)18-7-4-3-5-13(18)9-14-2/h6,8,11-14,16H,3-5,7,9-10H2,1-2H3. The van der Waals surface area contributed by atoms with Crippen LogP contribution in [0.3, 0.4) is 0 Å². The molecule has 0 bridgehead atoms. The third-order valence-electron chi connectivity index (χ3n) is 3.72. The zero-order chi connectivity index (χ0) is 15.3. The van der Waals surface area contributed by atoms with E-state index in [1.807, 2.05) is 24.7 Å². The summed E-state index contributed by atoms with van der Waals surface area (Å²) in [6, 6.07) is -0.136. The van der Waals surface area contributed by atoms with E-state index in [0.717, 1.165) is 19.3 Å². The van der Waals surface area contributed by atoms with E-state index in [1.54, 1.807) is 16.8 Å². The highest BCUT2D eigenvalue weighted by Crippen LogP contribution is 2.19. The van der Waals surface area contributed by atoms with Crippen molar-refractivity contribution in [2.24, 2.45) is 0 Å². The molecule has 1 aromatic rings. The molecule has 0 aromatic carbocycles. The normalized spacial score (nSPS) is 22.3. The van der Waals surface area contributed by atoms with Crippen LogP contribution >= 0.6 is 0 Å². The zero-order valence-corrected chi connectivity index (χ0v) is 13.5. The van der Waals surface area contributed by atoms with Gasteiger partial charge in [-0.2, -0.15) is 17.4 Å². The van der Waals surface area contributed by atoms with Crippen molar-refractivity contribution in [3.8, 4) is 0 Å². The first kappa shape index (κ1) is 16.4. The lowest BCUT2D eigenvalue weighted by atomic mass is 10.1. The summed E-state index contributed by atoms with van der Waals surface area (Å²) in [5.41, 5.74) is 0. The van der Waals surface area contributed by atoms with Gasteiger partial charge in [-0.1, -0.05) is 6.42 Å². The molecule has 1 aliphatic rings. The molecule has 1 aromatic heterocycles. The lowest BCUT2D eigenvalue weighted by molar-refractivity contribution is 0.244. The Morgan fingerprint density at radius 2 is 2.24 bits per heavy atom. The molecule has 1 fully saturated rings. The minimum Gasteiger partial charge on any atom is -0.336 e. The number of nitrogens with zero attached hydrogens (tertiary/aromatic N) is 3. The van der Waals surface area contributed by atoms with Crippen molar-refractivity contribution in [2.45, 2.75) is 44.8 Å². The minimum atomic E-state index is -3.45. The molecule has 0 radical (unpaired) electrons. The minimum absolute atomic E-state index is 0.0432. The summed E-state index contributed by atoms with van der Waals surface area (Å²) in [6.07, 6.45) is 8.14. The Bertz CT molecular complexity index is 515. The molecule has 0 aliphatic carbocycles. The molecule has 0 saturated carbocycles. The number of rotatable bonds is 7. The molecule has 1 saturated heterocycles. The van der Waals surface area contributed by atoms with Crippen molar-refractivity contribution in [1.29, 1.82) is 0 Å². The molecular formula is C13H25N5O2S. The quantitative estimate of drug-likeness (QED) is 0.752. The molecule has 120 valence electrons. The summed E-state index contributed by atoms with van der Waals surface area (Å²) in [7, 11) is -1.59. The van der Waals surface area contributed by atoms with E-state index in [0.29, 0.717) is 19.6 Å². The summed E-state index contributed by atoms with van der Waals surface area (Å²) in [4.78, 5) is 3.97. The van der Waals surface area contributed by atoms with Crippen molar-refractivity contribution in [3.63, 3.8) is 0 Å². The van der Waals surface area contributed by atoms with E-state index in [1.165, 1.54) is 0 Å². The Kier molecular flexibility index (Phi) is 5.74. The van der Waals surface area contributed by atoms with Crippen LogP contribution in [0, 0.1) is 0 Å². The first-order valence-corrected chi connectivity index (χ1v) is 8.86. The smallest absolute Gasteiger partial charge is 0.280 e. The maximum atomic E-state index is 12.6. The van der Waals surface area contributed by atoms with Gasteiger partial charge in [0.1, 0.15) is 0 Å². The van der Waals surface area contributed by atoms with Gasteiger partial charge in [-0.25, -0.2) is 4.98 Å². The van der Waals surface area contributed by atoms with E-state index < -0.39 is 10.2 Å². The van der Waals surface area contributed by atoms with Crippen molar-refractivity contribution in [2.75, 3.05) is 20.1 Å². The fraction of sp³-hybridized carbons (Fsp3) is 0.769. The molecule has 7 nitrogen and oxygen atoms in total. The molecule has 1 aliphatic heterocycles. The number of likely N-dealkylation sites (N-methyl/N-ethyl adjacent to an activating group) is 1. The topological polar surface area (TPSA) is 79.3 Å². The first-order chi connectivity index (χ1) is 10.0. The Balaban J connectivity index is 1.98. The third-order valence-corrected chi connectivity index (χ3v) is 5.51. The van der Waals surface area contributed by atoms with Crippen LogP contribution in [0.25, 0.3) is 0 Å². The highest BCUT2D eigenvalue weighted by atomic mass is 32.2. The van der Waals surface area contributed by atoms with Crippen LogP contribution in [-0.4, -0.2) is 54.5 Å². The molecule has 2 unspecified atom stereocenters. The monoisotopic (exact) mass is 315 g/mol. The number of imidazole rings is 1. The summed E-state index contributed by atoms with van der Waals surface area (Å²) >= 11 is 0. The van der Waals surface area contributed by atoms with E-state index >= 15 is 0 Å². The Labute approximate surface area is 126 Å². The van der Waals surface area contributed by atoms with Gasteiger partial charge in [0.25, 0.3) is 10.2 Å². The molecule has 21 heavy (non-hydrogen) atoms. The zero-order valence-electron chi connectivity index (χ0n) is 12.7. The molecule has 2 heterocycles. The lowest BCUT2D eigenvalue weighted by Gasteiger charge is -2.35. The highest BCUT2D eigenvalue weighted by Gasteiger charge is 2.32. The van der Waals surface area contributed by atoms with Gasteiger partial charge in [-0.05, 0) is 26.8 Å². The molecule has 2 rings (SSSR count). The van der Waals surface area contributed by atoms with Gasteiger partial charge in [0.15, 0.2) is 0 Å². The van der Waals surface area contributed by atoms with Gasteiger partial charge in [0.2, 0.25) is 0 Å². The Hall–Kier alpha value is -0.960. The molecule has 8 heteroatoms. The number of hydrogen-bond acceptors (Lipinski definition) is 4. The van der Waals surface area contributed by atoms with E-state index in [9.17, 15) is 8.42 Å². The van der Waals surface area contributed by atoms with E-state index in [4.69, 9.17) is 0 Å². The van der Waals surface area contributed by atoms with Crippen LogP contribution < -0.4 is 10.0 Å². The second-order valence-electron chi connectivity index (χ2n) is 5.60. The second-order valence-corrected chi connectivity index (χ2v) is 7.26. The number of nitrogens with one attached hydrogen (secondary N) is 2.